The molecule has 2 heterocycles. The van der Waals surface area contributed by atoms with Gasteiger partial charge in [0.2, 0.25) is 11.8 Å². The number of hydrogen-bond donors (Lipinski definition) is 1. The third-order valence-corrected chi connectivity index (χ3v) is 4.53. The normalized spacial score (nSPS) is 17.9. The summed E-state index contributed by atoms with van der Waals surface area (Å²) in [7, 11) is 0. The lowest BCUT2D eigenvalue weighted by atomic mass is 9.89. The Morgan fingerprint density at radius 3 is 2.67 bits per heavy atom. The smallest absolute Gasteiger partial charge is 0.234 e. The quantitative estimate of drug-likeness (QED) is 0.751. The van der Waals surface area contributed by atoms with E-state index in [1.165, 1.54) is 11.1 Å². The van der Waals surface area contributed by atoms with Crippen molar-refractivity contribution in [3.05, 3.63) is 71.5 Å². The van der Waals surface area contributed by atoms with Gasteiger partial charge in [0, 0.05) is 17.4 Å². The van der Waals surface area contributed by atoms with E-state index in [-0.39, 0.29) is 17.7 Å². The van der Waals surface area contributed by atoms with Gasteiger partial charge in [-0.2, -0.15) is 0 Å². The number of furan rings is 1. The first-order valence-corrected chi connectivity index (χ1v) is 8.08. The van der Waals surface area contributed by atoms with Crippen LogP contribution in [-0.4, -0.2) is 11.8 Å². The Labute approximate surface area is 139 Å². The Bertz CT molecular complexity index is 911. The molecule has 3 aromatic rings. The number of piperidine rings is 1. The minimum Gasteiger partial charge on any atom is -0.464 e. The van der Waals surface area contributed by atoms with Crippen molar-refractivity contribution < 1.29 is 14.0 Å². The third kappa shape index (κ3) is 2.71. The maximum absolute atomic E-state index is 12.1. The van der Waals surface area contributed by atoms with Crippen LogP contribution in [0.3, 0.4) is 0 Å². The van der Waals surface area contributed by atoms with Gasteiger partial charge in [0.05, 0.1) is 12.2 Å². The number of imide groups is 1. The highest BCUT2D eigenvalue weighted by molar-refractivity contribution is 6.02. The van der Waals surface area contributed by atoms with Gasteiger partial charge < -0.3 is 4.42 Å². The zero-order valence-electron chi connectivity index (χ0n) is 13.1. The molecule has 0 saturated carbocycles. The fraction of sp³-hybridized carbons (Fsp3) is 0.200. The van der Waals surface area contributed by atoms with Gasteiger partial charge in [-0.25, -0.2) is 0 Å². The molecule has 4 rings (SSSR count). The van der Waals surface area contributed by atoms with E-state index in [9.17, 15) is 9.59 Å². The molecule has 4 nitrogen and oxygen atoms in total. The summed E-state index contributed by atoms with van der Waals surface area (Å²) < 4.78 is 5.62. The second-order valence-corrected chi connectivity index (χ2v) is 6.19. The van der Waals surface area contributed by atoms with Crippen LogP contribution < -0.4 is 5.32 Å². The Balaban J connectivity index is 1.68. The molecule has 2 amide bonds. The van der Waals surface area contributed by atoms with Crippen molar-refractivity contribution in [2.24, 2.45) is 0 Å². The van der Waals surface area contributed by atoms with Gasteiger partial charge >= 0.3 is 0 Å². The fourth-order valence-corrected chi connectivity index (χ4v) is 3.30. The van der Waals surface area contributed by atoms with E-state index in [4.69, 9.17) is 4.42 Å². The molecule has 1 fully saturated rings. The predicted molar refractivity (Wildman–Crippen MR) is 90.6 cm³/mol. The Kier molecular flexibility index (Phi) is 3.65. The summed E-state index contributed by atoms with van der Waals surface area (Å²) in [6.45, 7) is 0. The highest BCUT2D eigenvalue weighted by atomic mass is 16.3. The number of hydrogen-bond acceptors (Lipinski definition) is 3. The van der Waals surface area contributed by atoms with E-state index in [0.29, 0.717) is 12.8 Å². The van der Waals surface area contributed by atoms with Crippen LogP contribution in [0.25, 0.3) is 11.0 Å². The summed E-state index contributed by atoms with van der Waals surface area (Å²) in [5.41, 5.74) is 4.04. The number of carbonyl (C=O) groups is 2. The number of fused-ring (bicyclic) bond motifs is 1. The van der Waals surface area contributed by atoms with E-state index >= 15 is 0 Å². The van der Waals surface area contributed by atoms with Gasteiger partial charge in [-0.15, -0.1) is 0 Å². The molecule has 0 spiro atoms. The first-order chi connectivity index (χ1) is 11.7. The molecular weight excluding hydrogens is 302 g/mol. The van der Waals surface area contributed by atoms with Gasteiger partial charge in [0.15, 0.2) is 0 Å². The SMILES string of the molecule is O=C1CCC(c2coc3ccc(Cc4ccccc4)cc23)C(=O)N1. The van der Waals surface area contributed by atoms with Gasteiger partial charge in [-0.05, 0) is 36.1 Å². The third-order valence-electron chi connectivity index (χ3n) is 4.53. The predicted octanol–water partition coefficient (Wildman–Crippen LogP) is 3.54. The fourth-order valence-electron chi connectivity index (χ4n) is 3.30. The number of benzene rings is 2. The van der Waals surface area contributed by atoms with Crippen LogP contribution in [0.5, 0.6) is 0 Å². The van der Waals surface area contributed by atoms with E-state index < -0.39 is 0 Å². The summed E-state index contributed by atoms with van der Waals surface area (Å²) >= 11 is 0. The zero-order chi connectivity index (χ0) is 16.5. The lowest BCUT2D eigenvalue weighted by molar-refractivity contribution is -0.134. The molecule has 0 bridgehead atoms. The Morgan fingerprint density at radius 1 is 1.04 bits per heavy atom. The summed E-state index contributed by atoms with van der Waals surface area (Å²) in [5, 5.41) is 3.37. The Morgan fingerprint density at radius 2 is 1.88 bits per heavy atom. The lowest BCUT2D eigenvalue weighted by Crippen LogP contribution is -2.39. The molecule has 0 radical (unpaired) electrons. The highest BCUT2D eigenvalue weighted by Crippen LogP contribution is 2.33. The van der Waals surface area contributed by atoms with Crippen molar-refractivity contribution in [1.82, 2.24) is 5.32 Å². The molecule has 1 aromatic heterocycles. The maximum atomic E-state index is 12.1. The van der Waals surface area contributed by atoms with Crippen molar-refractivity contribution in [1.29, 1.82) is 0 Å². The first kappa shape index (κ1) is 14.7. The van der Waals surface area contributed by atoms with Gasteiger partial charge in [0.1, 0.15) is 5.58 Å². The average molecular weight is 319 g/mol. The molecule has 1 saturated heterocycles. The van der Waals surface area contributed by atoms with E-state index in [0.717, 1.165) is 23.0 Å². The molecule has 1 unspecified atom stereocenters. The molecule has 1 aliphatic heterocycles. The topological polar surface area (TPSA) is 59.3 Å². The van der Waals surface area contributed by atoms with Gasteiger partial charge in [0.25, 0.3) is 0 Å². The van der Waals surface area contributed by atoms with Crippen molar-refractivity contribution in [3.63, 3.8) is 0 Å². The van der Waals surface area contributed by atoms with Crippen LogP contribution in [-0.2, 0) is 16.0 Å². The summed E-state index contributed by atoms with van der Waals surface area (Å²) in [5.74, 6) is -0.757. The van der Waals surface area contributed by atoms with Crippen LogP contribution in [0.4, 0.5) is 0 Å². The average Bonchev–Trinajstić information content (AvgIpc) is 2.99. The second-order valence-electron chi connectivity index (χ2n) is 6.19. The monoisotopic (exact) mass is 319 g/mol. The molecule has 1 N–H and O–H groups in total. The van der Waals surface area contributed by atoms with Gasteiger partial charge in [-0.1, -0.05) is 36.4 Å². The van der Waals surface area contributed by atoms with Crippen LogP contribution >= 0.6 is 0 Å². The maximum Gasteiger partial charge on any atom is 0.234 e. The number of amides is 2. The van der Waals surface area contributed by atoms with Crippen molar-refractivity contribution in [3.8, 4) is 0 Å². The van der Waals surface area contributed by atoms with Crippen LogP contribution in [0.15, 0.2) is 59.2 Å². The molecule has 24 heavy (non-hydrogen) atoms. The molecule has 1 aliphatic rings. The number of carbonyl (C=O) groups excluding carboxylic acids is 2. The lowest BCUT2D eigenvalue weighted by Gasteiger charge is -2.19. The van der Waals surface area contributed by atoms with E-state index in [2.05, 4.69) is 23.5 Å². The van der Waals surface area contributed by atoms with Crippen LogP contribution in [0.1, 0.15) is 35.4 Å². The van der Waals surface area contributed by atoms with Crippen molar-refractivity contribution in [2.75, 3.05) is 0 Å². The summed E-state index contributed by atoms with van der Waals surface area (Å²) in [4.78, 5) is 23.5. The van der Waals surface area contributed by atoms with Crippen LogP contribution in [0.2, 0.25) is 0 Å². The van der Waals surface area contributed by atoms with E-state index in [1.54, 1.807) is 6.26 Å². The second kappa shape index (κ2) is 5.96. The molecule has 2 aromatic carbocycles. The van der Waals surface area contributed by atoms with Crippen molar-refractivity contribution in [2.45, 2.75) is 25.2 Å². The molecule has 4 heteroatoms. The minimum absolute atomic E-state index is 0.200. The molecule has 0 aliphatic carbocycles. The summed E-state index contributed by atoms with van der Waals surface area (Å²) in [6.07, 6.45) is 3.38. The standard InChI is InChI=1S/C20H17NO3/c22-19-9-7-15(20(23)21-19)17-12-24-18-8-6-14(11-16(17)18)10-13-4-2-1-3-5-13/h1-6,8,11-12,15H,7,9-10H2,(H,21,22,23). The first-order valence-electron chi connectivity index (χ1n) is 8.08. The molecule has 1 atom stereocenters. The van der Waals surface area contributed by atoms with E-state index in [1.807, 2.05) is 30.3 Å². The highest BCUT2D eigenvalue weighted by Gasteiger charge is 2.30. The van der Waals surface area contributed by atoms with Crippen molar-refractivity contribution >= 4 is 22.8 Å². The molecule has 120 valence electrons. The minimum atomic E-state index is -0.323. The summed E-state index contributed by atoms with van der Waals surface area (Å²) in [6, 6.07) is 16.3. The zero-order valence-corrected chi connectivity index (χ0v) is 13.1. The number of rotatable bonds is 3. The molecular formula is C20H17NO3. The number of nitrogens with one attached hydrogen (secondary N) is 1. The van der Waals surface area contributed by atoms with Crippen LogP contribution in [0, 0.1) is 0 Å². The largest absolute Gasteiger partial charge is 0.464 e. The van der Waals surface area contributed by atoms with Gasteiger partial charge in [-0.3, -0.25) is 14.9 Å². The Hall–Kier alpha value is -2.88.